The molecule has 0 bridgehead atoms. The van der Waals surface area contributed by atoms with E-state index < -0.39 is 0 Å². The lowest BCUT2D eigenvalue weighted by molar-refractivity contribution is 0.682. The second kappa shape index (κ2) is 22.5. The average Bonchev–Trinajstić information content (AvgIpc) is 4.11. The average molecular weight is 894 g/mol. The number of fused-ring (bicyclic) bond motifs is 12. The standard InChI is InChI=1S/C25H18N2.C13H10BrN.C12H9N.4C2H6/c1-5-13-22-18(9-1)19-10-2-6-14-23(19)26(22)17-27-24-15-7-3-11-20(24)21-12-4-8-16-25(21)27;14-9-15-12-7-3-1-5-10(12)11-6-2-4-8-13(11)15;1-3-7-11-9(5-1)10-6-2-4-8-12(10)13-11;4*1-2/h1-16H,17H2;1-8H,9H2;1-8,13H;4*1-2H3. The Labute approximate surface area is 381 Å². The van der Waals surface area contributed by atoms with Gasteiger partial charge in [-0.1, -0.05) is 217 Å². The first-order chi connectivity index (χ1) is 31.3. The van der Waals surface area contributed by atoms with Gasteiger partial charge in [-0.25, -0.2) is 0 Å². The monoisotopic (exact) mass is 892 g/mol. The topological polar surface area (TPSA) is 30.6 Å². The number of H-pyrrole nitrogens is 1. The van der Waals surface area contributed by atoms with E-state index in [1.807, 2.05) is 55.4 Å². The quantitative estimate of drug-likeness (QED) is 0.171. The first-order valence-electron chi connectivity index (χ1n) is 22.7. The number of alkyl halides is 1. The number of hydrogen-bond donors (Lipinski definition) is 1. The first-order valence-corrected chi connectivity index (χ1v) is 23.8. The molecule has 5 heteroatoms. The molecule has 0 radical (unpaired) electrons. The van der Waals surface area contributed by atoms with Crippen LogP contribution in [-0.2, 0) is 12.1 Å². The van der Waals surface area contributed by atoms with Gasteiger partial charge in [-0.2, -0.15) is 0 Å². The van der Waals surface area contributed by atoms with Crippen LogP contribution in [0.25, 0.3) is 87.2 Å². The first kappa shape index (κ1) is 46.0. The Hall–Kier alpha value is -6.56. The molecule has 0 unspecified atom stereocenters. The molecule has 12 rings (SSSR count). The molecule has 4 nitrogen and oxygen atoms in total. The number of rotatable bonds is 3. The molecular formula is C58H61BrN4. The van der Waals surface area contributed by atoms with E-state index in [1.54, 1.807) is 0 Å². The highest BCUT2D eigenvalue weighted by Gasteiger charge is 2.14. The summed E-state index contributed by atoms with van der Waals surface area (Å²) in [5.74, 6) is 0. The predicted octanol–water partition coefficient (Wildman–Crippen LogP) is 18.0. The number of hydrogen-bond acceptors (Lipinski definition) is 0. The lowest BCUT2D eigenvalue weighted by Crippen LogP contribution is -2.07. The van der Waals surface area contributed by atoms with Gasteiger partial charge >= 0.3 is 0 Å². The molecule has 1 N–H and O–H groups in total. The van der Waals surface area contributed by atoms with Crippen LogP contribution in [0.1, 0.15) is 55.4 Å². The van der Waals surface area contributed by atoms with E-state index in [4.69, 9.17) is 0 Å². The molecule has 4 heterocycles. The van der Waals surface area contributed by atoms with E-state index in [9.17, 15) is 0 Å². The summed E-state index contributed by atoms with van der Waals surface area (Å²) in [6.45, 7) is 16.8. The maximum absolute atomic E-state index is 3.54. The third kappa shape index (κ3) is 9.16. The van der Waals surface area contributed by atoms with Crippen molar-refractivity contribution in [2.75, 3.05) is 0 Å². The highest BCUT2D eigenvalue weighted by atomic mass is 79.9. The van der Waals surface area contributed by atoms with E-state index in [1.165, 1.54) is 87.2 Å². The summed E-state index contributed by atoms with van der Waals surface area (Å²) in [6, 6.07) is 68.6. The minimum absolute atomic E-state index is 0.794. The minimum Gasteiger partial charge on any atom is -0.355 e. The maximum atomic E-state index is 3.54. The lowest BCUT2D eigenvalue weighted by atomic mass is 10.2. The number of aromatic nitrogens is 4. The largest absolute Gasteiger partial charge is 0.355 e. The van der Waals surface area contributed by atoms with Crippen LogP contribution in [0.15, 0.2) is 194 Å². The molecule has 320 valence electrons. The number of halogens is 1. The van der Waals surface area contributed by atoms with E-state index in [-0.39, 0.29) is 0 Å². The van der Waals surface area contributed by atoms with Gasteiger partial charge in [-0.3, -0.25) is 0 Å². The molecule has 63 heavy (non-hydrogen) atoms. The van der Waals surface area contributed by atoms with Crippen molar-refractivity contribution in [3.63, 3.8) is 0 Å². The Balaban J connectivity index is 0.000000156. The van der Waals surface area contributed by atoms with Gasteiger partial charge in [0, 0.05) is 65.2 Å². The minimum atomic E-state index is 0.794. The molecule has 0 fully saturated rings. The molecule has 0 amide bonds. The molecule has 0 aliphatic heterocycles. The van der Waals surface area contributed by atoms with Crippen molar-refractivity contribution in [2.24, 2.45) is 0 Å². The summed E-state index contributed by atoms with van der Waals surface area (Å²) in [4.78, 5) is 3.38. The zero-order valence-electron chi connectivity index (χ0n) is 38.1. The zero-order chi connectivity index (χ0) is 44.7. The van der Waals surface area contributed by atoms with Crippen LogP contribution < -0.4 is 0 Å². The van der Waals surface area contributed by atoms with Crippen molar-refractivity contribution < 1.29 is 0 Å². The van der Waals surface area contributed by atoms with Crippen LogP contribution in [0.2, 0.25) is 0 Å². The van der Waals surface area contributed by atoms with Gasteiger partial charge in [0.2, 0.25) is 0 Å². The summed E-state index contributed by atoms with van der Waals surface area (Å²) in [7, 11) is 0. The Morgan fingerprint density at radius 2 is 0.492 bits per heavy atom. The summed E-state index contributed by atoms with van der Waals surface area (Å²) in [5, 5.41) is 10.5. The smallest absolute Gasteiger partial charge is 0.100 e. The second-order valence-electron chi connectivity index (χ2n) is 13.9. The fraction of sp³-hybridized carbons (Fsp3) is 0.172. The SMILES string of the molecule is BrCn1c2ccccc2c2ccccc21.CC.CC.CC.CC.c1ccc2c(c1)[nH]c1ccccc12.c1ccc2c(c1)c1ccccc1n2Cn1c2ccccc2c2ccccc21. The van der Waals surface area contributed by atoms with Gasteiger partial charge in [0.1, 0.15) is 6.67 Å². The Bertz CT molecular complexity index is 2980. The summed E-state index contributed by atoms with van der Waals surface area (Å²) < 4.78 is 7.15. The van der Waals surface area contributed by atoms with Gasteiger partial charge < -0.3 is 18.7 Å². The number of para-hydroxylation sites is 8. The predicted molar refractivity (Wildman–Crippen MR) is 284 cm³/mol. The van der Waals surface area contributed by atoms with Gasteiger partial charge in [0.25, 0.3) is 0 Å². The number of nitrogens with zero attached hydrogens (tertiary/aromatic N) is 3. The maximum Gasteiger partial charge on any atom is 0.100 e. The fourth-order valence-corrected chi connectivity index (χ4v) is 8.92. The van der Waals surface area contributed by atoms with Gasteiger partial charge in [-0.15, -0.1) is 0 Å². The summed E-state index contributed by atoms with van der Waals surface area (Å²) in [6.07, 6.45) is 0. The van der Waals surface area contributed by atoms with E-state index >= 15 is 0 Å². The molecular weight excluding hydrogens is 833 g/mol. The molecule has 12 aromatic rings. The third-order valence-electron chi connectivity index (χ3n) is 10.9. The van der Waals surface area contributed by atoms with Gasteiger partial charge in [-0.05, 0) is 48.5 Å². The summed E-state index contributed by atoms with van der Waals surface area (Å²) in [5.41, 5.74) is 10.9. The van der Waals surface area contributed by atoms with Crippen LogP contribution >= 0.6 is 15.9 Å². The zero-order valence-corrected chi connectivity index (χ0v) is 39.7. The Morgan fingerprint density at radius 1 is 0.286 bits per heavy atom. The second-order valence-corrected chi connectivity index (χ2v) is 14.4. The molecule has 4 aromatic heterocycles. The molecule has 0 spiro atoms. The van der Waals surface area contributed by atoms with Crippen molar-refractivity contribution in [3.05, 3.63) is 194 Å². The highest BCUT2D eigenvalue weighted by molar-refractivity contribution is 9.08. The van der Waals surface area contributed by atoms with Crippen LogP contribution in [0.5, 0.6) is 0 Å². The van der Waals surface area contributed by atoms with Crippen molar-refractivity contribution in [1.29, 1.82) is 0 Å². The van der Waals surface area contributed by atoms with E-state index in [0.717, 1.165) is 12.1 Å². The van der Waals surface area contributed by atoms with E-state index in [0.29, 0.717) is 0 Å². The molecule has 0 saturated heterocycles. The Morgan fingerprint density at radius 3 is 0.746 bits per heavy atom. The van der Waals surface area contributed by atoms with Gasteiger partial charge in [0.05, 0.1) is 27.5 Å². The fourth-order valence-electron chi connectivity index (χ4n) is 8.38. The number of benzene rings is 8. The van der Waals surface area contributed by atoms with Gasteiger partial charge in [0.15, 0.2) is 0 Å². The third-order valence-corrected chi connectivity index (χ3v) is 11.4. The number of nitrogens with one attached hydrogen (secondary N) is 1. The summed E-state index contributed by atoms with van der Waals surface area (Å²) >= 11 is 3.54. The lowest BCUT2D eigenvalue weighted by Gasteiger charge is -2.12. The van der Waals surface area contributed by atoms with Crippen molar-refractivity contribution >= 4 is 103 Å². The molecule has 0 atom stereocenters. The highest BCUT2D eigenvalue weighted by Crippen LogP contribution is 2.33. The molecule has 8 aromatic carbocycles. The molecule has 0 aliphatic carbocycles. The van der Waals surface area contributed by atoms with Crippen LogP contribution in [0.4, 0.5) is 0 Å². The molecule has 0 aliphatic rings. The van der Waals surface area contributed by atoms with Crippen LogP contribution in [0.3, 0.4) is 0 Å². The van der Waals surface area contributed by atoms with Crippen molar-refractivity contribution in [1.82, 2.24) is 18.7 Å². The van der Waals surface area contributed by atoms with E-state index in [2.05, 4.69) is 229 Å². The van der Waals surface area contributed by atoms with Crippen molar-refractivity contribution in [2.45, 2.75) is 67.5 Å². The molecule has 0 saturated carbocycles. The van der Waals surface area contributed by atoms with Crippen molar-refractivity contribution in [3.8, 4) is 0 Å². The number of aromatic amines is 1. The normalized spacial score (nSPS) is 10.4. The van der Waals surface area contributed by atoms with Crippen LogP contribution in [-0.4, -0.2) is 18.7 Å². The van der Waals surface area contributed by atoms with Crippen LogP contribution in [0, 0.1) is 0 Å². The Kier molecular flexibility index (Phi) is 16.4.